The Bertz CT molecular complexity index is 443. The molecule has 2 nitrogen and oxygen atoms in total. The Morgan fingerprint density at radius 1 is 1.21 bits per heavy atom. The monoisotopic (exact) mass is 205 g/mol. The van der Waals surface area contributed by atoms with Gasteiger partial charge in [-0.1, -0.05) is 35.6 Å². The van der Waals surface area contributed by atoms with Crippen molar-refractivity contribution in [2.75, 3.05) is 0 Å². The second kappa shape index (κ2) is 3.42. The van der Waals surface area contributed by atoms with Crippen LogP contribution in [-0.4, -0.2) is 10.1 Å². The average Bonchev–Trinajstić information content (AvgIpc) is 2.48. The standard InChI is InChI=1S/C11H11NOS/c1-7-5-3-4-6-9(7)10-12-8(2)11(13)14-10/h3-6,13H,1-2H3. The number of aromatic nitrogens is 1. The third-order valence-corrected chi connectivity index (χ3v) is 3.14. The van der Waals surface area contributed by atoms with Gasteiger partial charge in [0, 0.05) is 5.56 Å². The molecule has 0 atom stereocenters. The summed E-state index contributed by atoms with van der Waals surface area (Å²) in [7, 11) is 0. The number of thiazole rings is 1. The summed E-state index contributed by atoms with van der Waals surface area (Å²) in [5, 5.41) is 10.6. The number of rotatable bonds is 1. The zero-order chi connectivity index (χ0) is 10.1. The van der Waals surface area contributed by atoms with Crippen LogP contribution in [0.3, 0.4) is 0 Å². The maximum absolute atomic E-state index is 9.45. The molecule has 1 heterocycles. The molecule has 0 spiro atoms. The topological polar surface area (TPSA) is 33.1 Å². The lowest BCUT2D eigenvalue weighted by Gasteiger charge is -1.99. The zero-order valence-corrected chi connectivity index (χ0v) is 8.93. The molecule has 0 amide bonds. The van der Waals surface area contributed by atoms with Gasteiger partial charge in [-0.3, -0.25) is 0 Å². The molecule has 2 aromatic rings. The van der Waals surface area contributed by atoms with E-state index >= 15 is 0 Å². The molecular formula is C11H11NOS. The number of benzene rings is 1. The van der Waals surface area contributed by atoms with Crippen molar-refractivity contribution in [3.8, 4) is 15.6 Å². The van der Waals surface area contributed by atoms with Crippen LogP contribution in [0, 0.1) is 13.8 Å². The molecular weight excluding hydrogens is 194 g/mol. The van der Waals surface area contributed by atoms with Crippen LogP contribution in [0.5, 0.6) is 5.06 Å². The molecule has 0 unspecified atom stereocenters. The number of aromatic hydroxyl groups is 1. The lowest BCUT2D eigenvalue weighted by atomic mass is 10.1. The largest absolute Gasteiger partial charge is 0.498 e. The van der Waals surface area contributed by atoms with Gasteiger partial charge in [-0.15, -0.1) is 0 Å². The SMILES string of the molecule is Cc1ccccc1-c1nc(C)c(O)s1. The van der Waals surface area contributed by atoms with Crippen LogP contribution >= 0.6 is 11.3 Å². The van der Waals surface area contributed by atoms with Crippen molar-refractivity contribution in [2.24, 2.45) is 0 Å². The molecule has 14 heavy (non-hydrogen) atoms. The number of nitrogens with zero attached hydrogens (tertiary/aromatic N) is 1. The highest BCUT2D eigenvalue weighted by atomic mass is 32.1. The minimum atomic E-state index is 0.309. The second-order valence-corrected chi connectivity index (χ2v) is 4.20. The first kappa shape index (κ1) is 9.21. The van der Waals surface area contributed by atoms with E-state index in [2.05, 4.69) is 4.98 Å². The highest BCUT2D eigenvalue weighted by Gasteiger charge is 2.09. The van der Waals surface area contributed by atoms with Gasteiger partial charge in [-0.05, 0) is 19.4 Å². The summed E-state index contributed by atoms with van der Waals surface area (Å²) in [5.74, 6) is 0. The Labute approximate surface area is 86.9 Å². The Hall–Kier alpha value is -1.35. The molecule has 1 N–H and O–H groups in total. The van der Waals surface area contributed by atoms with E-state index in [1.54, 1.807) is 0 Å². The quantitative estimate of drug-likeness (QED) is 0.775. The van der Waals surface area contributed by atoms with Crippen molar-refractivity contribution < 1.29 is 5.11 Å². The molecule has 0 fully saturated rings. The Morgan fingerprint density at radius 2 is 1.93 bits per heavy atom. The van der Waals surface area contributed by atoms with Crippen LogP contribution in [0.2, 0.25) is 0 Å². The molecule has 72 valence electrons. The third-order valence-electron chi connectivity index (χ3n) is 2.15. The number of hydrogen-bond acceptors (Lipinski definition) is 3. The van der Waals surface area contributed by atoms with Crippen LogP contribution < -0.4 is 0 Å². The van der Waals surface area contributed by atoms with E-state index in [0.717, 1.165) is 10.6 Å². The maximum atomic E-state index is 9.45. The van der Waals surface area contributed by atoms with Gasteiger partial charge in [0.2, 0.25) is 0 Å². The summed E-state index contributed by atoms with van der Waals surface area (Å²) in [6.45, 7) is 3.86. The molecule has 0 aliphatic rings. The normalized spacial score (nSPS) is 10.4. The van der Waals surface area contributed by atoms with E-state index in [1.165, 1.54) is 16.9 Å². The van der Waals surface area contributed by atoms with Crippen molar-refractivity contribution in [3.05, 3.63) is 35.5 Å². The molecule has 0 radical (unpaired) electrons. The van der Waals surface area contributed by atoms with E-state index < -0.39 is 0 Å². The lowest BCUT2D eigenvalue weighted by molar-refractivity contribution is 0.485. The van der Waals surface area contributed by atoms with Gasteiger partial charge in [0.15, 0.2) is 5.06 Å². The van der Waals surface area contributed by atoms with Crippen LogP contribution in [0.25, 0.3) is 10.6 Å². The summed E-state index contributed by atoms with van der Waals surface area (Å²) in [4.78, 5) is 4.31. The molecule has 0 saturated heterocycles. The first-order valence-corrected chi connectivity index (χ1v) is 5.22. The molecule has 0 aliphatic carbocycles. The highest BCUT2D eigenvalue weighted by molar-refractivity contribution is 7.16. The van der Waals surface area contributed by atoms with Crippen molar-refractivity contribution in [3.63, 3.8) is 0 Å². The van der Waals surface area contributed by atoms with E-state index in [1.807, 2.05) is 38.1 Å². The average molecular weight is 205 g/mol. The van der Waals surface area contributed by atoms with Gasteiger partial charge < -0.3 is 5.11 Å². The van der Waals surface area contributed by atoms with Crippen LogP contribution in [0.4, 0.5) is 0 Å². The van der Waals surface area contributed by atoms with Gasteiger partial charge in [-0.25, -0.2) is 4.98 Å². The molecule has 0 saturated carbocycles. The number of aryl methyl sites for hydroxylation is 2. The molecule has 1 aromatic carbocycles. The first-order valence-electron chi connectivity index (χ1n) is 4.41. The fourth-order valence-electron chi connectivity index (χ4n) is 1.32. The summed E-state index contributed by atoms with van der Waals surface area (Å²) < 4.78 is 0. The summed E-state index contributed by atoms with van der Waals surface area (Å²) in [6, 6.07) is 8.05. The van der Waals surface area contributed by atoms with Crippen molar-refractivity contribution >= 4 is 11.3 Å². The van der Waals surface area contributed by atoms with E-state index in [-0.39, 0.29) is 0 Å². The van der Waals surface area contributed by atoms with E-state index in [0.29, 0.717) is 10.8 Å². The maximum Gasteiger partial charge on any atom is 0.195 e. The van der Waals surface area contributed by atoms with Crippen molar-refractivity contribution in [1.29, 1.82) is 0 Å². The van der Waals surface area contributed by atoms with Gasteiger partial charge in [0.25, 0.3) is 0 Å². The summed E-state index contributed by atoms with van der Waals surface area (Å²) in [5.41, 5.74) is 2.98. The smallest absolute Gasteiger partial charge is 0.195 e. The van der Waals surface area contributed by atoms with Gasteiger partial charge in [-0.2, -0.15) is 0 Å². The van der Waals surface area contributed by atoms with Gasteiger partial charge in [0.1, 0.15) is 5.01 Å². The predicted molar refractivity (Wildman–Crippen MR) is 58.7 cm³/mol. The number of hydrogen-bond donors (Lipinski definition) is 1. The fraction of sp³-hybridized carbons (Fsp3) is 0.182. The van der Waals surface area contributed by atoms with E-state index in [9.17, 15) is 5.11 Å². The summed E-state index contributed by atoms with van der Waals surface area (Å²) >= 11 is 1.33. The van der Waals surface area contributed by atoms with Crippen molar-refractivity contribution in [1.82, 2.24) is 4.98 Å². The molecule has 3 heteroatoms. The molecule has 0 aliphatic heterocycles. The van der Waals surface area contributed by atoms with Crippen LogP contribution in [0.1, 0.15) is 11.3 Å². The van der Waals surface area contributed by atoms with Gasteiger partial charge >= 0.3 is 0 Å². The first-order chi connectivity index (χ1) is 6.68. The van der Waals surface area contributed by atoms with Crippen LogP contribution in [0.15, 0.2) is 24.3 Å². The Balaban J connectivity index is 2.55. The zero-order valence-electron chi connectivity index (χ0n) is 8.11. The van der Waals surface area contributed by atoms with Crippen molar-refractivity contribution in [2.45, 2.75) is 13.8 Å². The molecule has 1 aromatic heterocycles. The molecule has 2 rings (SSSR count). The summed E-state index contributed by atoms with van der Waals surface area (Å²) in [6.07, 6.45) is 0. The van der Waals surface area contributed by atoms with Gasteiger partial charge in [0.05, 0.1) is 5.69 Å². The Morgan fingerprint density at radius 3 is 2.50 bits per heavy atom. The van der Waals surface area contributed by atoms with Crippen LogP contribution in [-0.2, 0) is 0 Å². The third kappa shape index (κ3) is 1.51. The van der Waals surface area contributed by atoms with E-state index in [4.69, 9.17) is 0 Å². The minimum absolute atomic E-state index is 0.309. The second-order valence-electron chi connectivity index (χ2n) is 3.22. The predicted octanol–water partition coefficient (Wildman–Crippen LogP) is 3.13. The Kier molecular flexibility index (Phi) is 2.25. The fourth-order valence-corrected chi connectivity index (χ4v) is 2.21. The molecule has 0 bridgehead atoms. The lowest BCUT2D eigenvalue weighted by Crippen LogP contribution is -1.81. The minimum Gasteiger partial charge on any atom is -0.498 e. The highest BCUT2D eigenvalue weighted by Crippen LogP contribution is 2.33.